The van der Waals surface area contributed by atoms with Crippen LogP contribution in [-0.2, 0) is 19.1 Å². The fraction of sp³-hybridized carbons (Fsp3) is 0.625. The lowest BCUT2D eigenvalue weighted by atomic mass is 9.97. The smallest absolute Gasteiger partial charge is 0.383 e. The molecule has 0 amide bonds. The van der Waals surface area contributed by atoms with E-state index in [0.29, 0.717) is 12.8 Å². The van der Waals surface area contributed by atoms with Gasteiger partial charge in [-0.2, -0.15) is 0 Å². The summed E-state index contributed by atoms with van der Waals surface area (Å²) in [6.07, 6.45) is 0.221. The molecule has 0 aromatic carbocycles. The van der Waals surface area contributed by atoms with Crippen LogP contribution >= 0.6 is 0 Å². The third kappa shape index (κ3) is 1.00. The molecule has 1 aliphatic heterocycles. The van der Waals surface area contributed by atoms with Crippen molar-refractivity contribution in [1.29, 1.82) is 0 Å². The summed E-state index contributed by atoms with van der Waals surface area (Å²) in [7, 11) is 0. The van der Waals surface area contributed by atoms with E-state index in [-0.39, 0.29) is 6.61 Å². The molecule has 0 radical (unpaired) electrons. The average molecular weight is 184 g/mol. The minimum atomic E-state index is -1.09. The Morgan fingerprint density at radius 1 is 1.38 bits per heavy atom. The summed E-state index contributed by atoms with van der Waals surface area (Å²) in [4.78, 5) is 32.7. The second-order valence-corrected chi connectivity index (χ2v) is 3.50. The summed E-state index contributed by atoms with van der Waals surface area (Å²) in [5.41, 5.74) is -0.654. The first-order valence-corrected chi connectivity index (χ1v) is 4.01. The maximum Gasteiger partial charge on any atom is 0.383 e. The molecule has 0 aromatic heterocycles. The number of carbonyl (C=O) groups is 3. The van der Waals surface area contributed by atoms with Crippen LogP contribution in [0.2, 0.25) is 0 Å². The van der Waals surface area contributed by atoms with E-state index in [1.807, 2.05) is 0 Å². The van der Waals surface area contributed by atoms with Gasteiger partial charge in [-0.25, -0.2) is 4.79 Å². The first-order valence-electron chi connectivity index (χ1n) is 4.01. The minimum absolute atomic E-state index is 0.218. The molecule has 0 unspecified atom stereocenters. The molecule has 2 rings (SSSR count). The van der Waals surface area contributed by atoms with Crippen LogP contribution in [0.3, 0.4) is 0 Å². The lowest BCUT2D eigenvalue weighted by molar-refractivity contribution is -0.150. The van der Waals surface area contributed by atoms with Crippen molar-refractivity contribution in [2.45, 2.75) is 18.9 Å². The van der Waals surface area contributed by atoms with E-state index < -0.39 is 29.1 Å². The van der Waals surface area contributed by atoms with Crippen LogP contribution in [0.25, 0.3) is 0 Å². The van der Waals surface area contributed by atoms with E-state index >= 15 is 0 Å². The van der Waals surface area contributed by atoms with Crippen LogP contribution in [0, 0.1) is 5.41 Å². The molecule has 1 heterocycles. The molecule has 1 saturated carbocycles. The number of hydrogen-bond donors (Lipinski definition) is 1. The largest absolute Gasteiger partial charge is 0.447 e. The summed E-state index contributed by atoms with van der Waals surface area (Å²) >= 11 is 0. The number of aliphatic hydroxyl groups excluding tert-OH is 1. The van der Waals surface area contributed by atoms with Gasteiger partial charge in [0.05, 0.1) is 6.61 Å². The van der Waals surface area contributed by atoms with Crippen molar-refractivity contribution < 1.29 is 24.2 Å². The van der Waals surface area contributed by atoms with Crippen molar-refractivity contribution in [3.8, 4) is 0 Å². The van der Waals surface area contributed by atoms with Crippen LogP contribution in [0.4, 0.5) is 0 Å². The molecule has 2 aliphatic rings. The summed E-state index contributed by atoms with van der Waals surface area (Å²) < 4.78 is 4.61. The highest BCUT2D eigenvalue weighted by molar-refractivity contribution is 6.65. The molecule has 2 fully saturated rings. The van der Waals surface area contributed by atoms with Crippen LogP contribution in [0.15, 0.2) is 0 Å². The normalized spacial score (nSPS) is 30.5. The standard InChI is InChI=1S/C8H8O5/c9-3-8(1-2-8)6-4(10)5(11)7(12)13-6/h6,9H,1-3H2/t6-/m0/s1. The lowest BCUT2D eigenvalue weighted by Crippen LogP contribution is -2.32. The summed E-state index contributed by atoms with van der Waals surface area (Å²) in [5.74, 6) is -2.99. The number of hydrogen-bond acceptors (Lipinski definition) is 5. The van der Waals surface area contributed by atoms with Gasteiger partial charge in [-0.05, 0) is 12.8 Å². The average Bonchev–Trinajstić information content (AvgIpc) is 2.87. The Balaban J connectivity index is 2.23. The van der Waals surface area contributed by atoms with E-state index in [9.17, 15) is 14.4 Å². The predicted octanol–water partition coefficient (Wildman–Crippen LogP) is -1.18. The Hall–Kier alpha value is -1.23. The topological polar surface area (TPSA) is 80.7 Å². The number of carbonyl (C=O) groups excluding carboxylic acids is 3. The summed E-state index contributed by atoms with van der Waals surface area (Å²) in [6, 6.07) is 0. The molecule has 0 aromatic rings. The minimum Gasteiger partial charge on any atom is -0.447 e. The molecule has 13 heavy (non-hydrogen) atoms. The number of ether oxygens (including phenoxy) is 1. The van der Waals surface area contributed by atoms with E-state index in [0.717, 1.165) is 0 Å². The van der Waals surface area contributed by atoms with Crippen molar-refractivity contribution in [3.05, 3.63) is 0 Å². The van der Waals surface area contributed by atoms with Crippen molar-refractivity contribution in [1.82, 2.24) is 0 Å². The monoisotopic (exact) mass is 184 g/mol. The molecule has 5 nitrogen and oxygen atoms in total. The van der Waals surface area contributed by atoms with E-state index in [2.05, 4.69) is 4.74 Å². The number of aliphatic hydroxyl groups is 1. The summed E-state index contributed by atoms with van der Waals surface area (Å²) in [6.45, 7) is -0.218. The molecule has 0 spiro atoms. The Morgan fingerprint density at radius 3 is 2.31 bits per heavy atom. The predicted molar refractivity (Wildman–Crippen MR) is 38.6 cm³/mol. The highest BCUT2D eigenvalue weighted by Crippen LogP contribution is 2.50. The van der Waals surface area contributed by atoms with Crippen LogP contribution in [-0.4, -0.2) is 35.4 Å². The lowest BCUT2D eigenvalue weighted by Gasteiger charge is -2.15. The SMILES string of the molecule is O=C1O[C@H](C2(CO)CC2)C(=O)C1=O. The van der Waals surface area contributed by atoms with Gasteiger partial charge in [0.15, 0.2) is 6.10 Å². The van der Waals surface area contributed by atoms with Gasteiger partial charge in [0, 0.05) is 5.41 Å². The second-order valence-electron chi connectivity index (χ2n) is 3.50. The van der Waals surface area contributed by atoms with Gasteiger partial charge in [0.1, 0.15) is 0 Å². The van der Waals surface area contributed by atoms with Gasteiger partial charge in [-0.15, -0.1) is 0 Å². The quantitative estimate of drug-likeness (QED) is 0.431. The maximum atomic E-state index is 11.2. The van der Waals surface area contributed by atoms with Crippen molar-refractivity contribution in [2.24, 2.45) is 5.41 Å². The first kappa shape index (κ1) is 8.37. The Kier molecular flexibility index (Phi) is 1.53. The van der Waals surface area contributed by atoms with Crippen LogP contribution in [0.5, 0.6) is 0 Å². The zero-order chi connectivity index (χ0) is 9.64. The van der Waals surface area contributed by atoms with Crippen molar-refractivity contribution in [2.75, 3.05) is 6.61 Å². The fourth-order valence-electron chi connectivity index (χ4n) is 1.50. The third-order valence-electron chi connectivity index (χ3n) is 2.64. The Morgan fingerprint density at radius 2 is 2.00 bits per heavy atom. The molecule has 1 saturated heterocycles. The molecule has 1 N–H and O–H groups in total. The molecule has 1 atom stereocenters. The highest BCUT2D eigenvalue weighted by Gasteiger charge is 2.60. The number of ketones is 2. The number of Topliss-reactive ketones (excluding diaryl/α,β-unsaturated/α-hetero) is 2. The Bertz CT molecular complexity index is 302. The van der Waals surface area contributed by atoms with Crippen molar-refractivity contribution in [3.63, 3.8) is 0 Å². The van der Waals surface area contributed by atoms with Gasteiger partial charge in [0.25, 0.3) is 5.78 Å². The molecular weight excluding hydrogens is 176 g/mol. The van der Waals surface area contributed by atoms with Crippen LogP contribution in [0.1, 0.15) is 12.8 Å². The van der Waals surface area contributed by atoms with Gasteiger partial charge in [-0.3, -0.25) is 9.59 Å². The molecule has 1 aliphatic carbocycles. The van der Waals surface area contributed by atoms with Crippen molar-refractivity contribution >= 4 is 17.5 Å². The number of cyclic esters (lactones) is 1. The molecule has 0 bridgehead atoms. The van der Waals surface area contributed by atoms with E-state index in [1.54, 1.807) is 0 Å². The zero-order valence-corrected chi connectivity index (χ0v) is 6.78. The van der Waals surface area contributed by atoms with E-state index in [4.69, 9.17) is 5.11 Å². The Labute approximate surface area is 73.7 Å². The van der Waals surface area contributed by atoms with Gasteiger partial charge < -0.3 is 9.84 Å². The number of rotatable bonds is 2. The molecule has 5 heteroatoms. The highest BCUT2D eigenvalue weighted by atomic mass is 16.6. The van der Waals surface area contributed by atoms with Gasteiger partial charge in [0.2, 0.25) is 0 Å². The summed E-state index contributed by atoms with van der Waals surface area (Å²) in [5, 5.41) is 8.95. The maximum absolute atomic E-state index is 11.2. The first-order chi connectivity index (χ1) is 6.10. The van der Waals surface area contributed by atoms with Gasteiger partial charge in [-0.1, -0.05) is 0 Å². The zero-order valence-electron chi connectivity index (χ0n) is 6.78. The fourth-order valence-corrected chi connectivity index (χ4v) is 1.50. The molecule has 70 valence electrons. The second kappa shape index (κ2) is 2.38. The number of esters is 1. The van der Waals surface area contributed by atoms with Crippen LogP contribution < -0.4 is 0 Å². The van der Waals surface area contributed by atoms with E-state index in [1.165, 1.54) is 0 Å². The molecular formula is C8H8O5. The van der Waals surface area contributed by atoms with Gasteiger partial charge >= 0.3 is 11.8 Å². The third-order valence-corrected chi connectivity index (χ3v) is 2.64.